The summed E-state index contributed by atoms with van der Waals surface area (Å²) in [7, 11) is 1.46. The minimum atomic E-state index is -0.742. The Morgan fingerprint density at radius 1 is 1.50 bits per heavy atom. The lowest BCUT2D eigenvalue weighted by Crippen LogP contribution is -2.45. The molecule has 2 rings (SSSR count). The molecule has 0 aliphatic heterocycles. The Labute approximate surface area is 116 Å². The van der Waals surface area contributed by atoms with Crippen molar-refractivity contribution in [2.45, 2.75) is 24.3 Å². The van der Waals surface area contributed by atoms with E-state index in [0.717, 1.165) is 18.9 Å². The van der Waals surface area contributed by atoms with Crippen LogP contribution in [0.5, 0.6) is 0 Å². The van der Waals surface area contributed by atoms with Gasteiger partial charge in [-0.3, -0.25) is 4.79 Å². The first-order valence-corrected chi connectivity index (χ1v) is 6.46. The summed E-state index contributed by atoms with van der Waals surface area (Å²) in [5.41, 5.74) is 5.62. The molecule has 0 bridgehead atoms. The number of carbonyl (C=O) groups excluding carboxylic acids is 1. The smallest absolute Gasteiger partial charge is 0.239 e. The molecule has 0 spiro atoms. The van der Waals surface area contributed by atoms with Gasteiger partial charge in [-0.05, 0) is 24.5 Å². The summed E-state index contributed by atoms with van der Waals surface area (Å²) in [4.78, 5) is 11.7. The SMILES string of the molecule is COCC(N)C(=O)NCC1(c2ccc(F)cc2F)CC1. The normalized spacial score (nSPS) is 17.6. The highest BCUT2D eigenvalue weighted by Gasteiger charge is 2.46. The minimum Gasteiger partial charge on any atom is -0.383 e. The second-order valence-electron chi connectivity index (χ2n) is 5.18. The maximum Gasteiger partial charge on any atom is 0.239 e. The van der Waals surface area contributed by atoms with Gasteiger partial charge in [-0.2, -0.15) is 0 Å². The molecule has 1 aromatic carbocycles. The van der Waals surface area contributed by atoms with Crippen molar-refractivity contribution in [2.75, 3.05) is 20.3 Å². The predicted octanol–water partition coefficient (Wildman–Crippen LogP) is 1.09. The molecule has 1 fully saturated rings. The highest BCUT2D eigenvalue weighted by Crippen LogP contribution is 2.48. The summed E-state index contributed by atoms with van der Waals surface area (Å²) in [5, 5.41) is 2.71. The molecule has 1 saturated carbocycles. The molecule has 1 aliphatic carbocycles. The molecule has 1 unspecified atom stereocenters. The van der Waals surface area contributed by atoms with Crippen LogP contribution in [0.1, 0.15) is 18.4 Å². The van der Waals surface area contributed by atoms with Gasteiger partial charge in [-0.1, -0.05) is 6.07 Å². The molecule has 0 aromatic heterocycles. The van der Waals surface area contributed by atoms with Crippen LogP contribution in [0.25, 0.3) is 0 Å². The van der Waals surface area contributed by atoms with Crippen LogP contribution in [0.15, 0.2) is 18.2 Å². The van der Waals surface area contributed by atoms with Crippen molar-refractivity contribution < 1.29 is 18.3 Å². The highest BCUT2D eigenvalue weighted by molar-refractivity contribution is 5.81. The number of hydrogen-bond acceptors (Lipinski definition) is 3. The third kappa shape index (κ3) is 3.13. The zero-order valence-electron chi connectivity index (χ0n) is 11.3. The van der Waals surface area contributed by atoms with Gasteiger partial charge in [-0.25, -0.2) is 8.78 Å². The number of benzene rings is 1. The summed E-state index contributed by atoms with van der Waals surface area (Å²) in [6, 6.07) is 2.80. The van der Waals surface area contributed by atoms with Gasteiger partial charge < -0.3 is 15.8 Å². The number of methoxy groups -OCH3 is 1. The molecule has 1 atom stereocenters. The molecule has 0 saturated heterocycles. The third-order valence-electron chi connectivity index (χ3n) is 3.64. The van der Waals surface area contributed by atoms with Crippen molar-refractivity contribution in [3.8, 4) is 0 Å². The lowest BCUT2D eigenvalue weighted by atomic mass is 9.95. The lowest BCUT2D eigenvalue weighted by molar-refractivity contribution is -0.123. The summed E-state index contributed by atoms with van der Waals surface area (Å²) < 4.78 is 31.5. The number of hydrogen-bond donors (Lipinski definition) is 2. The van der Waals surface area contributed by atoms with Crippen LogP contribution in [-0.2, 0) is 14.9 Å². The van der Waals surface area contributed by atoms with Crippen LogP contribution in [-0.4, -0.2) is 32.2 Å². The molecule has 110 valence electrons. The van der Waals surface area contributed by atoms with Gasteiger partial charge in [-0.15, -0.1) is 0 Å². The zero-order chi connectivity index (χ0) is 14.8. The van der Waals surface area contributed by atoms with E-state index >= 15 is 0 Å². The van der Waals surface area contributed by atoms with Gasteiger partial charge in [0, 0.05) is 25.1 Å². The van der Waals surface area contributed by atoms with E-state index in [4.69, 9.17) is 10.5 Å². The number of amides is 1. The number of ether oxygens (including phenoxy) is 1. The molecular weight excluding hydrogens is 266 g/mol. The summed E-state index contributed by atoms with van der Waals surface area (Å²) in [6.45, 7) is 0.426. The third-order valence-corrected chi connectivity index (χ3v) is 3.64. The summed E-state index contributed by atoms with van der Waals surface area (Å²) in [6.07, 6.45) is 1.52. The van der Waals surface area contributed by atoms with Crippen LogP contribution in [0.4, 0.5) is 8.78 Å². The Morgan fingerprint density at radius 3 is 2.75 bits per heavy atom. The lowest BCUT2D eigenvalue weighted by Gasteiger charge is -2.19. The number of halogens is 2. The molecule has 1 aromatic rings. The van der Waals surface area contributed by atoms with Crippen LogP contribution in [0.2, 0.25) is 0 Å². The fourth-order valence-corrected chi connectivity index (χ4v) is 2.25. The van der Waals surface area contributed by atoms with Gasteiger partial charge >= 0.3 is 0 Å². The molecule has 20 heavy (non-hydrogen) atoms. The second kappa shape index (κ2) is 5.85. The van der Waals surface area contributed by atoms with Gasteiger partial charge in [0.05, 0.1) is 6.61 Å². The molecule has 3 N–H and O–H groups in total. The van der Waals surface area contributed by atoms with E-state index < -0.39 is 23.1 Å². The van der Waals surface area contributed by atoms with E-state index in [1.807, 2.05) is 0 Å². The van der Waals surface area contributed by atoms with E-state index in [2.05, 4.69) is 5.32 Å². The van der Waals surface area contributed by atoms with Crippen molar-refractivity contribution in [3.05, 3.63) is 35.4 Å². The monoisotopic (exact) mass is 284 g/mol. The largest absolute Gasteiger partial charge is 0.383 e. The maximum absolute atomic E-state index is 13.8. The molecule has 6 heteroatoms. The molecule has 1 amide bonds. The molecule has 4 nitrogen and oxygen atoms in total. The Balaban J connectivity index is 2.00. The van der Waals surface area contributed by atoms with E-state index in [-0.39, 0.29) is 12.5 Å². The topological polar surface area (TPSA) is 64.3 Å². The van der Waals surface area contributed by atoms with Crippen LogP contribution >= 0.6 is 0 Å². The van der Waals surface area contributed by atoms with E-state index in [9.17, 15) is 13.6 Å². The Morgan fingerprint density at radius 2 is 2.20 bits per heavy atom. The van der Waals surface area contributed by atoms with Crippen molar-refractivity contribution in [1.82, 2.24) is 5.32 Å². The van der Waals surface area contributed by atoms with Gasteiger partial charge in [0.25, 0.3) is 0 Å². The van der Waals surface area contributed by atoms with Gasteiger partial charge in [0.15, 0.2) is 0 Å². The van der Waals surface area contributed by atoms with Crippen molar-refractivity contribution in [3.63, 3.8) is 0 Å². The first kappa shape index (κ1) is 14.9. The fourth-order valence-electron chi connectivity index (χ4n) is 2.25. The summed E-state index contributed by atoms with van der Waals surface area (Å²) in [5.74, 6) is -1.51. The molecule has 0 radical (unpaired) electrons. The fraction of sp³-hybridized carbons (Fsp3) is 0.500. The minimum absolute atomic E-state index is 0.129. The summed E-state index contributed by atoms with van der Waals surface area (Å²) >= 11 is 0. The van der Waals surface area contributed by atoms with E-state index in [0.29, 0.717) is 12.1 Å². The average Bonchev–Trinajstić information content (AvgIpc) is 3.17. The molecular formula is C14H18F2N2O2. The second-order valence-corrected chi connectivity index (χ2v) is 5.18. The molecule has 0 heterocycles. The Kier molecular flexibility index (Phi) is 4.35. The van der Waals surface area contributed by atoms with E-state index in [1.165, 1.54) is 19.2 Å². The Bertz CT molecular complexity index is 504. The standard InChI is InChI=1S/C14H18F2N2O2/c1-20-7-12(17)13(19)18-8-14(4-5-14)10-3-2-9(15)6-11(10)16/h2-3,6,12H,4-5,7-8,17H2,1H3,(H,18,19). The van der Waals surface area contributed by atoms with Crippen LogP contribution in [0.3, 0.4) is 0 Å². The number of carbonyl (C=O) groups is 1. The van der Waals surface area contributed by atoms with Crippen molar-refractivity contribution in [2.24, 2.45) is 5.73 Å². The van der Waals surface area contributed by atoms with Crippen molar-refractivity contribution in [1.29, 1.82) is 0 Å². The van der Waals surface area contributed by atoms with E-state index in [1.54, 1.807) is 0 Å². The molecule has 1 aliphatic rings. The highest BCUT2D eigenvalue weighted by atomic mass is 19.1. The van der Waals surface area contributed by atoms with Gasteiger partial charge in [0.1, 0.15) is 17.7 Å². The van der Waals surface area contributed by atoms with Gasteiger partial charge in [0.2, 0.25) is 5.91 Å². The first-order valence-electron chi connectivity index (χ1n) is 6.46. The quantitative estimate of drug-likeness (QED) is 0.822. The average molecular weight is 284 g/mol. The zero-order valence-corrected chi connectivity index (χ0v) is 11.3. The number of nitrogens with one attached hydrogen (secondary N) is 1. The van der Waals surface area contributed by atoms with Crippen molar-refractivity contribution >= 4 is 5.91 Å². The van der Waals surface area contributed by atoms with Crippen LogP contribution < -0.4 is 11.1 Å². The maximum atomic E-state index is 13.8. The van der Waals surface area contributed by atoms with Crippen LogP contribution in [0, 0.1) is 11.6 Å². The number of rotatable bonds is 6. The first-order chi connectivity index (χ1) is 9.48. The Hall–Kier alpha value is -1.53. The number of nitrogens with two attached hydrogens (primary N) is 1. The predicted molar refractivity (Wildman–Crippen MR) is 70.1 cm³/mol.